The molecule has 0 aliphatic heterocycles. The topological polar surface area (TPSA) is 26.3 Å². The molecule has 0 aromatic rings. The van der Waals surface area contributed by atoms with Gasteiger partial charge in [-0.1, -0.05) is 42.2 Å². The first-order valence-electron chi connectivity index (χ1n) is 3.14. The molecule has 0 aromatic heterocycles. The van der Waals surface area contributed by atoms with Crippen molar-refractivity contribution in [3.63, 3.8) is 0 Å². The maximum atomic E-state index is 10.9. The molecule has 0 saturated heterocycles. The lowest BCUT2D eigenvalue weighted by atomic mass is 10.3. The van der Waals surface area contributed by atoms with Crippen LogP contribution in [0.1, 0.15) is 13.3 Å². The highest BCUT2D eigenvalue weighted by atomic mass is 127. The van der Waals surface area contributed by atoms with Crippen LogP contribution in [0.25, 0.3) is 0 Å². The molecule has 0 saturated carbocycles. The summed E-state index contributed by atoms with van der Waals surface area (Å²) in [7, 11) is 0. The molecule has 0 fully saturated rings. The highest BCUT2D eigenvalue weighted by molar-refractivity contribution is 14.1. The quantitative estimate of drug-likeness (QED) is 0.331. The second-order valence-corrected chi connectivity index (χ2v) is 3.30. The molecule has 10 heavy (non-hydrogen) atoms. The molecule has 58 valence electrons. The average molecular weight is 254 g/mol. The number of hydrogen-bond acceptors (Lipinski definition) is 2. The second kappa shape index (κ2) is 5.70. The van der Waals surface area contributed by atoms with Crippen molar-refractivity contribution in [3.8, 4) is 0 Å². The predicted molar refractivity (Wildman–Crippen MR) is 49.3 cm³/mol. The summed E-state index contributed by atoms with van der Waals surface area (Å²) in [5.41, 5.74) is 0. The minimum absolute atomic E-state index is 0.0162. The molecule has 0 aliphatic rings. The summed E-state index contributed by atoms with van der Waals surface area (Å²) in [6.45, 7) is 5.71. The maximum Gasteiger partial charge on any atom is 0.319 e. The Balaban J connectivity index is 3.51. The molecule has 1 atom stereocenters. The Morgan fingerprint density at radius 1 is 1.90 bits per heavy atom. The number of rotatable bonds is 4. The van der Waals surface area contributed by atoms with E-state index >= 15 is 0 Å². The summed E-state index contributed by atoms with van der Waals surface area (Å²) in [6, 6.07) is 0. The van der Waals surface area contributed by atoms with Crippen molar-refractivity contribution in [1.82, 2.24) is 0 Å². The van der Waals surface area contributed by atoms with Crippen LogP contribution in [0.5, 0.6) is 0 Å². The molecule has 0 N–H and O–H groups in total. The fourth-order valence-electron chi connectivity index (χ4n) is 0.398. The Bertz CT molecular complexity index is 123. The number of halogens is 1. The molecule has 3 heteroatoms. The zero-order valence-corrected chi connectivity index (χ0v) is 8.13. The van der Waals surface area contributed by atoms with Crippen molar-refractivity contribution in [1.29, 1.82) is 0 Å². The fourth-order valence-corrected chi connectivity index (χ4v) is 0.578. The summed E-state index contributed by atoms with van der Waals surface area (Å²) in [5.74, 6) is -0.150. The van der Waals surface area contributed by atoms with Crippen molar-refractivity contribution < 1.29 is 9.53 Å². The van der Waals surface area contributed by atoms with Gasteiger partial charge in [-0.05, 0) is 6.42 Å². The predicted octanol–water partition coefficient (Wildman–Crippen LogP) is 1.93. The van der Waals surface area contributed by atoms with Gasteiger partial charge in [0.2, 0.25) is 0 Å². The zero-order chi connectivity index (χ0) is 7.98. The van der Waals surface area contributed by atoms with E-state index in [0.717, 1.165) is 6.42 Å². The van der Waals surface area contributed by atoms with Gasteiger partial charge in [0.1, 0.15) is 10.5 Å². The lowest BCUT2D eigenvalue weighted by Gasteiger charge is -2.04. The third-order valence-electron chi connectivity index (χ3n) is 0.958. The van der Waals surface area contributed by atoms with Crippen LogP contribution in [0.15, 0.2) is 12.7 Å². The van der Waals surface area contributed by atoms with Gasteiger partial charge in [-0.25, -0.2) is 0 Å². The molecular weight excluding hydrogens is 243 g/mol. The van der Waals surface area contributed by atoms with E-state index in [9.17, 15) is 4.79 Å². The first-order chi connectivity index (χ1) is 4.72. The monoisotopic (exact) mass is 254 g/mol. The first-order valence-corrected chi connectivity index (χ1v) is 4.38. The lowest BCUT2D eigenvalue weighted by molar-refractivity contribution is -0.141. The molecule has 0 bridgehead atoms. The molecule has 0 spiro atoms. The first kappa shape index (κ1) is 9.94. The summed E-state index contributed by atoms with van der Waals surface area (Å²) < 4.78 is 4.76. The Labute approximate surface area is 74.8 Å². The highest BCUT2D eigenvalue weighted by Gasteiger charge is 2.11. The molecule has 0 rings (SSSR count). The van der Waals surface area contributed by atoms with Gasteiger partial charge in [0, 0.05) is 0 Å². The van der Waals surface area contributed by atoms with Crippen LogP contribution in [-0.2, 0) is 9.53 Å². The van der Waals surface area contributed by atoms with Gasteiger partial charge in [-0.3, -0.25) is 4.79 Å². The van der Waals surface area contributed by atoms with E-state index in [-0.39, 0.29) is 9.89 Å². The minimum atomic E-state index is -0.150. The Morgan fingerprint density at radius 2 is 2.50 bits per heavy atom. The summed E-state index contributed by atoms with van der Waals surface area (Å²) in [6.07, 6.45) is 2.38. The number of alkyl halides is 1. The Morgan fingerprint density at radius 3 is 2.90 bits per heavy atom. The van der Waals surface area contributed by atoms with Crippen molar-refractivity contribution in [2.24, 2.45) is 0 Å². The number of esters is 1. The van der Waals surface area contributed by atoms with Crippen molar-refractivity contribution in [2.75, 3.05) is 6.61 Å². The van der Waals surface area contributed by atoms with Crippen LogP contribution in [0.3, 0.4) is 0 Å². The van der Waals surface area contributed by atoms with Crippen molar-refractivity contribution in [3.05, 3.63) is 12.7 Å². The van der Waals surface area contributed by atoms with Crippen molar-refractivity contribution >= 4 is 28.6 Å². The fraction of sp³-hybridized carbons (Fsp3) is 0.571. The standard InChI is InChI=1S/C7H11IO2/c1-3-5-10-7(9)6(8)4-2/h3,6H,1,4-5H2,2H3. The van der Waals surface area contributed by atoms with Crippen LogP contribution in [0.4, 0.5) is 0 Å². The van der Waals surface area contributed by atoms with E-state index in [4.69, 9.17) is 4.74 Å². The van der Waals surface area contributed by atoms with Gasteiger partial charge in [0.25, 0.3) is 0 Å². The van der Waals surface area contributed by atoms with Crippen LogP contribution in [-0.4, -0.2) is 16.5 Å². The SMILES string of the molecule is C=CCOC(=O)C(I)CC. The van der Waals surface area contributed by atoms with Gasteiger partial charge in [-0.2, -0.15) is 0 Å². The highest BCUT2D eigenvalue weighted by Crippen LogP contribution is 2.06. The summed E-state index contributed by atoms with van der Waals surface area (Å²) >= 11 is 2.06. The van der Waals surface area contributed by atoms with Crippen LogP contribution < -0.4 is 0 Å². The largest absolute Gasteiger partial charge is 0.461 e. The smallest absolute Gasteiger partial charge is 0.319 e. The Kier molecular flexibility index (Phi) is 5.67. The molecular formula is C7H11IO2. The molecule has 0 aliphatic carbocycles. The molecule has 2 nitrogen and oxygen atoms in total. The average Bonchev–Trinajstić information content (AvgIpc) is 1.98. The third kappa shape index (κ3) is 3.87. The number of hydrogen-bond donors (Lipinski definition) is 0. The van der Waals surface area contributed by atoms with E-state index in [0.29, 0.717) is 6.61 Å². The third-order valence-corrected chi connectivity index (χ3v) is 2.35. The van der Waals surface area contributed by atoms with E-state index in [2.05, 4.69) is 29.2 Å². The Hall–Kier alpha value is -0.0600. The number of ether oxygens (including phenoxy) is 1. The molecule has 0 radical (unpaired) electrons. The summed E-state index contributed by atoms with van der Waals surface area (Å²) in [5, 5.41) is 0. The number of carbonyl (C=O) groups excluding carboxylic acids is 1. The minimum Gasteiger partial charge on any atom is -0.461 e. The van der Waals surface area contributed by atoms with Gasteiger partial charge < -0.3 is 4.74 Å². The van der Waals surface area contributed by atoms with E-state index < -0.39 is 0 Å². The zero-order valence-electron chi connectivity index (χ0n) is 5.97. The van der Waals surface area contributed by atoms with Gasteiger partial charge >= 0.3 is 5.97 Å². The molecule has 0 heterocycles. The maximum absolute atomic E-state index is 10.9. The normalized spacial score (nSPS) is 12.2. The van der Waals surface area contributed by atoms with Gasteiger partial charge in [-0.15, -0.1) is 0 Å². The molecule has 0 amide bonds. The van der Waals surface area contributed by atoms with Gasteiger partial charge in [0.15, 0.2) is 0 Å². The molecule has 0 aromatic carbocycles. The van der Waals surface area contributed by atoms with Crippen LogP contribution in [0, 0.1) is 0 Å². The van der Waals surface area contributed by atoms with E-state index in [1.54, 1.807) is 6.08 Å². The molecule has 1 unspecified atom stereocenters. The number of carbonyl (C=O) groups is 1. The van der Waals surface area contributed by atoms with Gasteiger partial charge in [0.05, 0.1) is 0 Å². The second-order valence-electron chi connectivity index (χ2n) is 1.79. The van der Waals surface area contributed by atoms with Crippen LogP contribution in [0.2, 0.25) is 0 Å². The van der Waals surface area contributed by atoms with E-state index in [1.165, 1.54) is 0 Å². The summed E-state index contributed by atoms with van der Waals surface area (Å²) in [4.78, 5) is 10.9. The lowest BCUT2D eigenvalue weighted by Crippen LogP contribution is -2.16. The van der Waals surface area contributed by atoms with E-state index in [1.807, 2.05) is 6.92 Å². The van der Waals surface area contributed by atoms with Crippen LogP contribution >= 0.6 is 22.6 Å². The van der Waals surface area contributed by atoms with Crippen molar-refractivity contribution in [2.45, 2.75) is 17.3 Å².